The Labute approximate surface area is 165 Å². The van der Waals surface area contributed by atoms with Gasteiger partial charge in [-0.2, -0.15) is 0 Å². The van der Waals surface area contributed by atoms with E-state index in [9.17, 15) is 0 Å². The molecule has 0 aliphatic carbocycles. The van der Waals surface area contributed by atoms with Crippen molar-refractivity contribution in [2.24, 2.45) is 0 Å². The summed E-state index contributed by atoms with van der Waals surface area (Å²) in [5.41, 5.74) is 4.08. The number of anilines is 1. The Bertz CT molecular complexity index is 739. The molecule has 0 heterocycles. The molecule has 0 unspecified atom stereocenters. The van der Waals surface area contributed by atoms with Crippen LogP contribution in [0.2, 0.25) is 10.0 Å². The quantitative estimate of drug-likeness (QED) is 0.680. The Morgan fingerprint density at radius 3 is 2.40 bits per heavy atom. The summed E-state index contributed by atoms with van der Waals surface area (Å²) in [4.78, 5) is 2.11. The number of aryl methyl sites for hydroxylation is 2. The largest absolute Gasteiger partial charge is 0.361 e. The number of nitrogens with one attached hydrogen (secondary N) is 2. The maximum atomic E-state index is 6.34. The molecule has 0 amide bonds. The highest BCUT2D eigenvalue weighted by Crippen LogP contribution is 2.28. The van der Waals surface area contributed by atoms with E-state index in [-0.39, 0.29) is 6.04 Å². The van der Waals surface area contributed by atoms with Gasteiger partial charge in [0.1, 0.15) is 0 Å². The van der Waals surface area contributed by atoms with Crippen LogP contribution in [0.15, 0.2) is 36.4 Å². The first-order valence-electron chi connectivity index (χ1n) is 8.02. The average Bonchev–Trinajstić information content (AvgIpc) is 2.52. The zero-order chi connectivity index (χ0) is 18.6. The van der Waals surface area contributed by atoms with Gasteiger partial charge in [0.2, 0.25) is 0 Å². The molecule has 0 saturated carbocycles. The molecular weight excluding hydrogens is 373 g/mol. The van der Waals surface area contributed by atoms with Crippen LogP contribution in [0.25, 0.3) is 0 Å². The lowest BCUT2D eigenvalue weighted by Crippen LogP contribution is -2.37. The maximum Gasteiger partial charge on any atom is 0.170 e. The van der Waals surface area contributed by atoms with E-state index in [4.69, 9.17) is 35.4 Å². The summed E-state index contributed by atoms with van der Waals surface area (Å²) < 4.78 is 0. The molecule has 2 N–H and O–H groups in total. The minimum absolute atomic E-state index is 0.100. The standard InChI is InChI=1S/C19H23Cl2N3S/c1-12-9-13(2)18(16(21)10-12)23-19(25)22-11-17(24(3)4)14-7-5-6-8-15(14)20/h5-10,17H,11H2,1-4H3,(H2,22,23,25)/t17-/m0/s1. The van der Waals surface area contributed by atoms with Gasteiger partial charge >= 0.3 is 0 Å². The van der Waals surface area contributed by atoms with Crippen molar-refractivity contribution in [3.05, 3.63) is 63.1 Å². The van der Waals surface area contributed by atoms with Crippen LogP contribution in [-0.2, 0) is 0 Å². The second-order valence-corrected chi connectivity index (χ2v) is 7.50. The number of benzene rings is 2. The Hall–Kier alpha value is -1.33. The molecule has 2 aromatic carbocycles. The highest BCUT2D eigenvalue weighted by Gasteiger charge is 2.17. The van der Waals surface area contributed by atoms with E-state index in [1.165, 1.54) is 0 Å². The number of hydrogen-bond donors (Lipinski definition) is 2. The molecule has 6 heteroatoms. The lowest BCUT2D eigenvalue weighted by Gasteiger charge is -2.26. The van der Waals surface area contributed by atoms with E-state index in [2.05, 4.69) is 21.6 Å². The minimum atomic E-state index is 0.100. The summed E-state index contributed by atoms with van der Waals surface area (Å²) in [5.74, 6) is 0. The molecule has 0 aliphatic heterocycles. The Balaban J connectivity index is 2.07. The number of likely N-dealkylation sites (N-methyl/N-ethyl adjacent to an activating group) is 1. The summed E-state index contributed by atoms with van der Waals surface area (Å²) in [5, 5.41) is 8.42. The molecule has 2 rings (SSSR count). The summed E-state index contributed by atoms with van der Waals surface area (Å²) in [6, 6.07) is 12.0. The number of hydrogen-bond acceptors (Lipinski definition) is 2. The van der Waals surface area contributed by atoms with Crippen LogP contribution in [0, 0.1) is 13.8 Å². The smallest absolute Gasteiger partial charge is 0.170 e. The second-order valence-electron chi connectivity index (χ2n) is 6.27. The lowest BCUT2D eigenvalue weighted by molar-refractivity contribution is 0.299. The van der Waals surface area contributed by atoms with Crippen molar-refractivity contribution in [1.82, 2.24) is 10.2 Å². The van der Waals surface area contributed by atoms with Gasteiger partial charge in [-0.3, -0.25) is 0 Å². The van der Waals surface area contributed by atoms with Crippen molar-refractivity contribution in [1.29, 1.82) is 0 Å². The van der Waals surface area contributed by atoms with Crippen LogP contribution < -0.4 is 10.6 Å². The van der Waals surface area contributed by atoms with Crippen molar-refractivity contribution in [3.8, 4) is 0 Å². The van der Waals surface area contributed by atoms with Gasteiger partial charge in [0.05, 0.1) is 16.8 Å². The topological polar surface area (TPSA) is 27.3 Å². The third kappa shape index (κ3) is 5.32. The predicted molar refractivity (Wildman–Crippen MR) is 113 cm³/mol. The first-order valence-corrected chi connectivity index (χ1v) is 9.18. The van der Waals surface area contributed by atoms with Gasteiger partial charge in [-0.15, -0.1) is 0 Å². The third-order valence-electron chi connectivity index (χ3n) is 4.01. The van der Waals surface area contributed by atoms with Gasteiger partial charge in [0, 0.05) is 11.6 Å². The molecule has 25 heavy (non-hydrogen) atoms. The lowest BCUT2D eigenvalue weighted by atomic mass is 10.1. The molecule has 0 aliphatic rings. The van der Waals surface area contributed by atoms with Crippen LogP contribution in [0.1, 0.15) is 22.7 Å². The van der Waals surface area contributed by atoms with E-state index >= 15 is 0 Å². The molecule has 0 radical (unpaired) electrons. The highest BCUT2D eigenvalue weighted by molar-refractivity contribution is 7.80. The molecule has 0 fully saturated rings. The fourth-order valence-electron chi connectivity index (χ4n) is 2.74. The van der Waals surface area contributed by atoms with Gasteiger partial charge in [-0.1, -0.05) is 47.5 Å². The number of halogens is 2. The van der Waals surface area contributed by atoms with Gasteiger partial charge < -0.3 is 15.5 Å². The Morgan fingerprint density at radius 1 is 1.12 bits per heavy atom. The van der Waals surface area contributed by atoms with E-state index in [1.807, 2.05) is 58.3 Å². The normalized spacial score (nSPS) is 12.1. The van der Waals surface area contributed by atoms with Crippen molar-refractivity contribution >= 4 is 46.2 Å². The zero-order valence-electron chi connectivity index (χ0n) is 14.9. The van der Waals surface area contributed by atoms with Crippen molar-refractivity contribution < 1.29 is 0 Å². The Kier molecular flexibility index (Phi) is 7.08. The van der Waals surface area contributed by atoms with Crippen molar-refractivity contribution in [3.63, 3.8) is 0 Å². The molecular formula is C19H23Cl2N3S. The van der Waals surface area contributed by atoms with Crippen LogP contribution >= 0.6 is 35.4 Å². The number of thiocarbonyl (C=S) groups is 1. The van der Waals surface area contributed by atoms with Gasteiger partial charge in [-0.25, -0.2) is 0 Å². The van der Waals surface area contributed by atoms with Gasteiger partial charge in [-0.05, 0) is 69.0 Å². The fraction of sp³-hybridized carbons (Fsp3) is 0.316. The molecule has 2 aromatic rings. The monoisotopic (exact) mass is 395 g/mol. The minimum Gasteiger partial charge on any atom is -0.361 e. The second kappa shape index (κ2) is 8.86. The molecule has 0 saturated heterocycles. The summed E-state index contributed by atoms with van der Waals surface area (Å²) in [7, 11) is 4.04. The molecule has 0 bridgehead atoms. The van der Waals surface area contributed by atoms with E-state index in [0.717, 1.165) is 27.4 Å². The molecule has 134 valence electrons. The van der Waals surface area contributed by atoms with Crippen LogP contribution in [0.4, 0.5) is 5.69 Å². The highest BCUT2D eigenvalue weighted by atomic mass is 35.5. The first kappa shape index (κ1) is 20.0. The van der Waals surface area contributed by atoms with E-state index < -0.39 is 0 Å². The molecule has 0 spiro atoms. The SMILES string of the molecule is Cc1cc(C)c(NC(=S)NC[C@@H](c2ccccc2Cl)N(C)C)c(Cl)c1. The number of nitrogens with zero attached hydrogens (tertiary/aromatic N) is 1. The first-order chi connectivity index (χ1) is 11.8. The molecule has 1 atom stereocenters. The summed E-state index contributed by atoms with van der Waals surface area (Å²) >= 11 is 18.1. The summed E-state index contributed by atoms with van der Waals surface area (Å²) in [6.45, 7) is 4.66. The molecule has 3 nitrogen and oxygen atoms in total. The van der Waals surface area contributed by atoms with E-state index in [1.54, 1.807) is 0 Å². The fourth-order valence-corrected chi connectivity index (χ4v) is 3.55. The zero-order valence-corrected chi connectivity index (χ0v) is 17.2. The maximum absolute atomic E-state index is 6.34. The van der Waals surface area contributed by atoms with Crippen LogP contribution in [0.5, 0.6) is 0 Å². The third-order valence-corrected chi connectivity index (χ3v) is 4.90. The predicted octanol–water partition coefficient (Wildman–Crippen LogP) is 5.20. The molecule has 0 aromatic heterocycles. The van der Waals surface area contributed by atoms with Crippen molar-refractivity contribution in [2.45, 2.75) is 19.9 Å². The average molecular weight is 396 g/mol. The van der Waals surface area contributed by atoms with Gasteiger partial charge in [0.15, 0.2) is 5.11 Å². The number of rotatable bonds is 5. The van der Waals surface area contributed by atoms with E-state index in [0.29, 0.717) is 16.7 Å². The summed E-state index contributed by atoms with van der Waals surface area (Å²) in [6.07, 6.45) is 0. The van der Waals surface area contributed by atoms with Gasteiger partial charge in [0.25, 0.3) is 0 Å². The Morgan fingerprint density at radius 2 is 1.80 bits per heavy atom. The van der Waals surface area contributed by atoms with Crippen LogP contribution in [0.3, 0.4) is 0 Å². The van der Waals surface area contributed by atoms with Crippen molar-refractivity contribution in [2.75, 3.05) is 26.0 Å². The van der Waals surface area contributed by atoms with Crippen LogP contribution in [-0.4, -0.2) is 30.7 Å².